The molecule has 1 aliphatic heterocycles. The predicted molar refractivity (Wildman–Crippen MR) is 148 cm³/mol. The van der Waals surface area contributed by atoms with E-state index in [2.05, 4.69) is 27.4 Å². The summed E-state index contributed by atoms with van der Waals surface area (Å²) < 4.78 is 38.0. The minimum absolute atomic E-state index is 0.0293. The molecule has 1 heterocycles. The number of halogens is 1. The van der Waals surface area contributed by atoms with Gasteiger partial charge in [-0.05, 0) is 61.5 Å². The van der Waals surface area contributed by atoms with E-state index >= 15 is 4.39 Å². The van der Waals surface area contributed by atoms with Crippen molar-refractivity contribution in [1.29, 1.82) is 0 Å². The van der Waals surface area contributed by atoms with Crippen LogP contribution in [0.2, 0.25) is 0 Å². The lowest BCUT2D eigenvalue weighted by atomic mass is 9.43. The number of ketones is 1. The lowest BCUT2D eigenvalue weighted by Gasteiger charge is -2.61. The molecule has 2 bridgehead atoms. The summed E-state index contributed by atoms with van der Waals surface area (Å²) in [7, 11) is 0.374. The van der Waals surface area contributed by atoms with Crippen LogP contribution in [0.5, 0.6) is 5.75 Å². The zero-order valence-corrected chi connectivity index (χ0v) is 24.3. The summed E-state index contributed by atoms with van der Waals surface area (Å²) in [6.07, 6.45) is 5.71. The summed E-state index contributed by atoms with van der Waals surface area (Å²) in [6, 6.07) is 3.05. The molecule has 8 atom stereocenters. The van der Waals surface area contributed by atoms with Crippen LogP contribution < -0.4 is 10.2 Å². The van der Waals surface area contributed by atoms with Gasteiger partial charge in [-0.2, -0.15) is 0 Å². The van der Waals surface area contributed by atoms with Crippen molar-refractivity contribution in [3.8, 4) is 5.75 Å². The second-order valence-electron chi connectivity index (χ2n) is 13.1. The maximum absolute atomic E-state index is 15.0. The molecule has 0 saturated heterocycles. The Morgan fingerprint density at radius 3 is 2.70 bits per heavy atom. The lowest BCUT2D eigenvalue weighted by molar-refractivity contribution is -0.207. The molecule has 0 spiro atoms. The van der Waals surface area contributed by atoms with Crippen molar-refractivity contribution < 1.29 is 37.9 Å². The molecule has 0 amide bonds. The molecular weight excluding hydrogens is 514 g/mol. The molecule has 0 aromatic heterocycles. The Bertz CT molecular complexity index is 1190. The van der Waals surface area contributed by atoms with Crippen molar-refractivity contribution in [2.24, 2.45) is 34.0 Å². The summed E-state index contributed by atoms with van der Waals surface area (Å²) in [5.41, 5.74) is -0.828. The second kappa shape index (κ2) is 10.6. The van der Waals surface area contributed by atoms with Gasteiger partial charge in [0.25, 0.3) is 0 Å². The predicted octanol–water partition coefficient (Wildman–Crippen LogP) is 4.37. The molecule has 1 aromatic rings. The zero-order valence-electron chi connectivity index (χ0n) is 24.3. The summed E-state index contributed by atoms with van der Waals surface area (Å²) >= 11 is 0. The average molecular weight is 556 g/mol. The van der Waals surface area contributed by atoms with Crippen LogP contribution in [-0.2, 0) is 30.3 Å². The van der Waals surface area contributed by atoms with E-state index < -0.39 is 42.4 Å². The number of rotatable bonds is 7. The van der Waals surface area contributed by atoms with Crippen LogP contribution in [-0.4, -0.2) is 49.8 Å². The zero-order chi connectivity index (χ0) is 29.0. The highest BCUT2D eigenvalue weighted by molar-refractivity contribution is 6.61. The Morgan fingerprint density at radius 2 is 2.00 bits per heavy atom. The molecule has 4 aliphatic rings. The summed E-state index contributed by atoms with van der Waals surface area (Å²) in [4.78, 5) is 27.6. The molecule has 9 heteroatoms. The maximum atomic E-state index is 15.0. The van der Waals surface area contributed by atoms with E-state index in [1.54, 1.807) is 19.3 Å². The first-order valence-electron chi connectivity index (χ1n) is 14.5. The molecule has 5 rings (SSSR count). The molecule has 3 saturated carbocycles. The standard InChI is InChI=1S/C31H42BFO7/c1-7-12-29(4)15-23(40-24(34)17-38-21-9-8-20-16-39-32(36)25(20)26(21)33)30(5)18(2)10-13-31(19(3)28(29)35)14-11-22(37-6)27(30)31/h7-9,18-19,22-23,27,36H,1,10-17H2,2-6H3/t18-,19-,22+,23+,27+,29+,30-,31-/m0/s1. The van der Waals surface area contributed by atoms with Gasteiger partial charge in [-0.25, -0.2) is 9.18 Å². The van der Waals surface area contributed by atoms with E-state index in [1.807, 2.05) is 6.92 Å². The van der Waals surface area contributed by atoms with Gasteiger partial charge in [0, 0.05) is 35.2 Å². The minimum atomic E-state index is -1.36. The summed E-state index contributed by atoms with van der Waals surface area (Å²) in [5.74, 6) is -1.18. The number of fused-ring (bicyclic) bond motifs is 1. The maximum Gasteiger partial charge on any atom is 0.494 e. The number of hydrogen-bond donors (Lipinski definition) is 1. The first-order chi connectivity index (χ1) is 18.9. The van der Waals surface area contributed by atoms with Gasteiger partial charge in [-0.3, -0.25) is 4.79 Å². The van der Waals surface area contributed by atoms with Crippen molar-refractivity contribution in [2.45, 2.75) is 85.0 Å². The van der Waals surface area contributed by atoms with E-state index in [1.165, 1.54) is 6.07 Å². The third-order valence-corrected chi connectivity index (χ3v) is 11.2. The quantitative estimate of drug-likeness (QED) is 0.303. The number of esters is 1. The highest BCUT2D eigenvalue weighted by Gasteiger charge is 2.68. The van der Waals surface area contributed by atoms with Crippen LogP contribution >= 0.6 is 0 Å². The van der Waals surface area contributed by atoms with E-state index in [4.69, 9.17) is 18.9 Å². The van der Waals surface area contributed by atoms with Crippen LogP contribution in [0.4, 0.5) is 4.39 Å². The Morgan fingerprint density at radius 1 is 1.27 bits per heavy atom. The number of carbonyl (C=O) groups excluding carboxylic acids is 2. The Kier molecular flexibility index (Phi) is 7.73. The highest BCUT2D eigenvalue weighted by Crippen LogP contribution is 2.68. The lowest BCUT2D eigenvalue weighted by Crippen LogP contribution is -2.63. The number of carbonyl (C=O) groups is 2. The molecule has 40 heavy (non-hydrogen) atoms. The molecule has 0 unspecified atom stereocenters. The number of allylic oxidation sites excluding steroid dienone is 1. The molecule has 3 fully saturated rings. The smallest absolute Gasteiger partial charge is 0.479 e. The van der Waals surface area contributed by atoms with Gasteiger partial charge in [0.2, 0.25) is 0 Å². The third-order valence-electron chi connectivity index (χ3n) is 11.2. The van der Waals surface area contributed by atoms with E-state index in [9.17, 15) is 14.6 Å². The average Bonchev–Trinajstić information content (AvgIpc) is 3.51. The molecular formula is C31H42BFO7. The highest BCUT2D eigenvalue weighted by atomic mass is 19.1. The first-order valence-corrected chi connectivity index (χ1v) is 14.5. The number of hydrogen-bond acceptors (Lipinski definition) is 7. The van der Waals surface area contributed by atoms with Crippen molar-refractivity contribution in [2.75, 3.05) is 13.7 Å². The minimum Gasteiger partial charge on any atom is -0.479 e. The van der Waals surface area contributed by atoms with Crippen molar-refractivity contribution >= 4 is 24.3 Å². The van der Waals surface area contributed by atoms with Crippen molar-refractivity contribution in [3.63, 3.8) is 0 Å². The topological polar surface area (TPSA) is 91.3 Å². The third kappa shape index (κ3) is 4.35. The molecule has 1 aromatic carbocycles. The summed E-state index contributed by atoms with van der Waals surface area (Å²) in [5, 5.41) is 9.96. The van der Waals surface area contributed by atoms with Gasteiger partial charge < -0.3 is 23.9 Å². The van der Waals surface area contributed by atoms with Gasteiger partial charge in [0.1, 0.15) is 11.9 Å². The van der Waals surface area contributed by atoms with Crippen molar-refractivity contribution in [1.82, 2.24) is 0 Å². The monoisotopic (exact) mass is 556 g/mol. The molecule has 7 nitrogen and oxygen atoms in total. The van der Waals surface area contributed by atoms with Crippen LogP contribution in [0.3, 0.4) is 0 Å². The number of Topliss-reactive ketones (excluding diaryl/α,β-unsaturated/α-hetero) is 1. The van der Waals surface area contributed by atoms with E-state index in [0.29, 0.717) is 18.4 Å². The van der Waals surface area contributed by atoms with Gasteiger partial charge in [-0.15, -0.1) is 6.58 Å². The van der Waals surface area contributed by atoms with Gasteiger partial charge in [0.05, 0.1) is 12.7 Å². The Labute approximate surface area is 236 Å². The molecule has 0 radical (unpaired) electrons. The number of ether oxygens (including phenoxy) is 3. The molecule has 3 aliphatic carbocycles. The molecule has 1 N–H and O–H groups in total. The van der Waals surface area contributed by atoms with E-state index in [-0.39, 0.29) is 52.9 Å². The summed E-state index contributed by atoms with van der Waals surface area (Å²) in [6.45, 7) is 12.0. The normalized spacial score (nSPS) is 38.7. The van der Waals surface area contributed by atoms with E-state index in [0.717, 1.165) is 25.7 Å². The van der Waals surface area contributed by atoms with Gasteiger partial charge in [-0.1, -0.05) is 39.8 Å². The van der Waals surface area contributed by atoms with Crippen LogP contribution in [0, 0.1) is 39.8 Å². The van der Waals surface area contributed by atoms with Gasteiger partial charge in [0.15, 0.2) is 18.2 Å². The fourth-order valence-electron chi connectivity index (χ4n) is 8.86. The fraction of sp³-hybridized carbons (Fsp3) is 0.677. The Balaban J connectivity index is 1.47. The Hall–Kier alpha value is -2.23. The SMILES string of the molecule is C=CC[C@]1(C)C[C@@H](OC(=O)COc2ccc3c(c2F)B(O)OC3)[C@]2(C)[C@@H](C)CC[C@]3(CC[C@@H](OC)[C@@H]32)[C@@H](C)C1=O. The number of methoxy groups -OCH3 is 1. The van der Waals surface area contributed by atoms with Gasteiger partial charge >= 0.3 is 13.1 Å². The second-order valence-corrected chi connectivity index (χ2v) is 13.1. The fourth-order valence-corrected chi connectivity index (χ4v) is 8.86. The van der Waals surface area contributed by atoms with Crippen LogP contribution in [0.1, 0.15) is 71.8 Å². The largest absolute Gasteiger partial charge is 0.494 e. The molecule has 218 valence electrons. The first kappa shape index (κ1) is 29.3. The van der Waals surface area contributed by atoms with Crippen LogP contribution in [0.15, 0.2) is 24.8 Å². The van der Waals surface area contributed by atoms with Crippen molar-refractivity contribution in [3.05, 3.63) is 36.2 Å². The number of benzene rings is 1. The van der Waals surface area contributed by atoms with Crippen LogP contribution in [0.25, 0.3) is 0 Å².